The van der Waals surface area contributed by atoms with Crippen LogP contribution in [0.3, 0.4) is 0 Å². The van der Waals surface area contributed by atoms with Crippen LogP contribution in [-0.4, -0.2) is 44.1 Å². The van der Waals surface area contributed by atoms with Crippen LogP contribution in [0.1, 0.15) is 28.9 Å². The number of sulfone groups is 1. The summed E-state index contributed by atoms with van der Waals surface area (Å²) in [6.45, 7) is 1.58. The molecule has 0 fully saturated rings. The first kappa shape index (κ1) is 24.4. The van der Waals surface area contributed by atoms with Gasteiger partial charge in [0.05, 0.1) is 36.4 Å². The summed E-state index contributed by atoms with van der Waals surface area (Å²) in [5.41, 5.74) is 1.79. The predicted octanol–water partition coefficient (Wildman–Crippen LogP) is 5.33. The molecule has 1 aliphatic rings. The highest BCUT2D eigenvalue weighted by molar-refractivity contribution is 8.25. The van der Waals surface area contributed by atoms with E-state index in [2.05, 4.69) is 0 Å². The summed E-state index contributed by atoms with van der Waals surface area (Å²) in [6.07, 6.45) is 0.266. The maximum Gasteiger partial charge on any atom is 0.187 e. The maximum atomic E-state index is 13.8. The van der Waals surface area contributed by atoms with Crippen molar-refractivity contribution in [2.75, 3.05) is 21.3 Å². The molecule has 0 spiro atoms. The van der Waals surface area contributed by atoms with E-state index in [9.17, 15) is 17.5 Å². The molecule has 9 heteroatoms. The molecule has 0 saturated heterocycles. The molecule has 0 aliphatic carbocycles. The maximum absolute atomic E-state index is 13.8. The van der Waals surface area contributed by atoms with E-state index in [1.165, 1.54) is 26.4 Å². The molecule has 3 aromatic carbocycles. The van der Waals surface area contributed by atoms with Gasteiger partial charge in [-0.25, -0.2) is 8.42 Å². The van der Waals surface area contributed by atoms with Crippen LogP contribution >= 0.6 is 10.6 Å². The Labute approximate surface area is 201 Å². The van der Waals surface area contributed by atoms with Crippen LogP contribution in [0.4, 0.5) is 0 Å². The summed E-state index contributed by atoms with van der Waals surface area (Å²) < 4.78 is 66.1. The summed E-state index contributed by atoms with van der Waals surface area (Å²) >= 11 is 0. The zero-order valence-corrected chi connectivity index (χ0v) is 21.0. The van der Waals surface area contributed by atoms with E-state index in [0.717, 1.165) is 0 Å². The first-order valence-corrected chi connectivity index (χ1v) is 13.8. The first-order valence-electron chi connectivity index (χ1n) is 10.6. The molecule has 1 heterocycles. The minimum Gasteiger partial charge on any atom is -0.496 e. The summed E-state index contributed by atoms with van der Waals surface area (Å²) in [6, 6.07) is 16.7. The van der Waals surface area contributed by atoms with Gasteiger partial charge in [-0.05, 0) is 36.2 Å². The number of ether oxygens (including phenoxy) is 3. The zero-order chi connectivity index (χ0) is 24.7. The van der Waals surface area contributed by atoms with Crippen molar-refractivity contribution in [1.82, 2.24) is 0 Å². The Morgan fingerprint density at radius 2 is 1.50 bits per heavy atom. The van der Waals surface area contributed by atoms with Gasteiger partial charge < -0.3 is 14.2 Å². The van der Waals surface area contributed by atoms with Crippen LogP contribution in [-0.2, 0) is 16.3 Å². The Balaban J connectivity index is 1.92. The first-order chi connectivity index (χ1) is 16.2. The van der Waals surface area contributed by atoms with Crippen molar-refractivity contribution >= 4 is 20.4 Å². The van der Waals surface area contributed by atoms with Crippen molar-refractivity contribution < 1.29 is 31.7 Å². The van der Waals surface area contributed by atoms with Gasteiger partial charge in [-0.1, -0.05) is 30.3 Å². The van der Waals surface area contributed by atoms with Gasteiger partial charge in [0, 0.05) is 24.1 Å². The van der Waals surface area contributed by atoms with Crippen molar-refractivity contribution in [3.63, 3.8) is 0 Å². The van der Waals surface area contributed by atoms with E-state index in [1.54, 1.807) is 56.5 Å². The van der Waals surface area contributed by atoms with E-state index < -0.39 is 30.9 Å². The Morgan fingerprint density at radius 1 is 0.882 bits per heavy atom. The molecule has 0 bridgehead atoms. The van der Waals surface area contributed by atoms with Gasteiger partial charge in [-0.2, -0.15) is 10.6 Å². The fourth-order valence-electron chi connectivity index (χ4n) is 4.54. The Kier molecular flexibility index (Phi) is 6.56. The molecular weight excluding hydrogens is 476 g/mol. The largest absolute Gasteiger partial charge is 0.496 e. The number of hydrogen-bond donors (Lipinski definition) is 2. The molecular formula is C25H28O7S2. The highest BCUT2D eigenvalue weighted by Gasteiger charge is 2.50. The highest BCUT2D eigenvalue weighted by atomic mass is 32.3. The number of benzene rings is 3. The fraction of sp³-hybridized carbons (Fsp3) is 0.280. The van der Waals surface area contributed by atoms with Gasteiger partial charge in [0.15, 0.2) is 9.84 Å². The van der Waals surface area contributed by atoms with Crippen LogP contribution in [0.5, 0.6) is 17.2 Å². The SMILES string of the molecule is COc1cc(OC)c(Cc2cccc3c2C(S(=O)(=O)c2ccccc2)C(C)S3(O)O)c(OC)c1. The minimum atomic E-state index is -3.91. The van der Waals surface area contributed by atoms with Gasteiger partial charge in [0.1, 0.15) is 22.5 Å². The van der Waals surface area contributed by atoms with Crippen LogP contribution in [0.25, 0.3) is 0 Å². The average Bonchev–Trinajstić information content (AvgIpc) is 3.06. The van der Waals surface area contributed by atoms with Gasteiger partial charge in [0.2, 0.25) is 0 Å². The van der Waals surface area contributed by atoms with Crippen molar-refractivity contribution in [3.05, 3.63) is 77.4 Å². The summed E-state index contributed by atoms with van der Waals surface area (Å²) in [7, 11) is -2.64. The molecule has 2 atom stereocenters. The molecule has 0 aromatic heterocycles. The third-order valence-corrected chi connectivity index (χ3v) is 11.0. The number of fused-ring (bicyclic) bond motifs is 1. The van der Waals surface area contributed by atoms with E-state index in [-0.39, 0.29) is 16.2 Å². The second-order valence-corrected chi connectivity index (χ2v) is 12.5. The van der Waals surface area contributed by atoms with Crippen molar-refractivity contribution in [2.24, 2.45) is 0 Å². The number of methoxy groups -OCH3 is 3. The fourth-order valence-corrected chi connectivity index (χ4v) is 9.19. The molecule has 4 rings (SSSR count). The van der Waals surface area contributed by atoms with Crippen LogP contribution in [0.2, 0.25) is 0 Å². The van der Waals surface area contributed by atoms with Crippen molar-refractivity contribution in [1.29, 1.82) is 0 Å². The third-order valence-electron chi connectivity index (χ3n) is 6.30. The molecule has 182 valence electrons. The summed E-state index contributed by atoms with van der Waals surface area (Å²) in [4.78, 5) is 0.415. The molecule has 2 N–H and O–H groups in total. The lowest BCUT2D eigenvalue weighted by Gasteiger charge is -2.34. The van der Waals surface area contributed by atoms with Gasteiger partial charge in [0.25, 0.3) is 0 Å². The van der Waals surface area contributed by atoms with Crippen LogP contribution in [0.15, 0.2) is 70.5 Å². The van der Waals surface area contributed by atoms with Gasteiger partial charge >= 0.3 is 0 Å². The van der Waals surface area contributed by atoms with E-state index >= 15 is 0 Å². The molecule has 3 aromatic rings. The van der Waals surface area contributed by atoms with E-state index in [0.29, 0.717) is 33.9 Å². The zero-order valence-electron chi connectivity index (χ0n) is 19.4. The van der Waals surface area contributed by atoms with E-state index in [1.807, 2.05) is 6.07 Å². The molecule has 0 amide bonds. The second-order valence-electron chi connectivity index (χ2n) is 8.09. The smallest absolute Gasteiger partial charge is 0.187 e. The minimum absolute atomic E-state index is 0.143. The Hall–Kier alpha value is -2.72. The lowest BCUT2D eigenvalue weighted by atomic mass is 9.95. The normalized spacial score (nSPS) is 19.8. The van der Waals surface area contributed by atoms with Crippen LogP contribution < -0.4 is 14.2 Å². The topological polar surface area (TPSA) is 102 Å². The monoisotopic (exact) mass is 504 g/mol. The molecule has 0 radical (unpaired) electrons. The van der Waals surface area contributed by atoms with Crippen molar-refractivity contribution in [3.8, 4) is 17.2 Å². The third kappa shape index (κ3) is 3.92. The van der Waals surface area contributed by atoms with E-state index in [4.69, 9.17) is 14.2 Å². The molecule has 34 heavy (non-hydrogen) atoms. The lowest BCUT2D eigenvalue weighted by molar-refractivity contribution is 0.370. The molecule has 0 saturated carbocycles. The predicted molar refractivity (Wildman–Crippen MR) is 132 cm³/mol. The lowest BCUT2D eigenvalue weighted by Crippen LogP contribution is -2.23. The second kappa shape index (κ2) is 9.14. The average molecular weight is 505 g/mol. The Bertz CT molecular complexity index is 1280. The van der Waals surface area contributed by atoms with Gasteiger partial charge in [-0.15, -0.1) is 0 Å². The molecule has 7 nitrogen and oxygen atoms in total. The van der Waals surface area contributed by atoms with Crippen molar-refractivity contribution in [2.45, 2.75) is 33.6 Å². The Morgan fingerprint density at radius 3 is 2.06 bits per heavy atom. The van der Waals surface area contributed by atoms with Gasteiger partial charge in [-0.3, -0.25) is 9.11 Å². The number of hydrogen-bond acceptors (Lipinski definition) is 7. The quantitative estimate of drug-likeness (QED) is 0.448. The standard InChI is InChI=1S/C25H28O7S2/c1-16-25(34(28,29)19-10-6-5-7-11-19)24-17(9-8-12-23(24)33(16,26)27)13-20-21(31-3)14-18(30-2)15-22(20)32-4/h5-12,14-16,25-27H,13H2,1-4H3. The highest BCUT2D eigenvalue weighted by Crippen LogP contribution is 2.67. The molecule has 2 unspecified atom stereocenters. The number of rotatable bonds is 7. The van der Waals surface area contributed by atoms with Crippen LogP contribution in [0, 0.1) is 0 Å². The summed E-state index contributed by atoms with van der Waals surface area (Å²) in [5.74, 6) is 1.60. The molecule has 1 aliphatic heterocycles. The summed E-state index contributed by atoms with van der Waals surface area (Å²) in [5, 5.41) is -2.02.